The molecule has 1 N–H and O–H groups in total. The molecule has 0 bridgehead atoms. The van der Waals surface area contributed by atoms with E-state index in [9.17, 15) is 44.3 Å². The average molecular weight is 622 g/mol. The third kappa shape index (κ3) is 7.27. The third-order valence-electron chi connectivity index (χ3n) is 5.65. The first-order valence-electron chi connectivity index (χ1n) is 11.1. The van der Waals surface area contributed by atoms with Crippen molar-refractivity contribution < 1.29 is 54.2 Å². The average Bonchev–Trinajstić information content (AvgIpc) is 3.44. The van der Waals surface area contributed by atoms with Crippen LogP contribution in [0.1, 0.15) is 29.9 Å². The Morgan fingerprint density at radius 1 is 1.02 bits per heavy atom. The molecule has 40 heavy (non-hydrogen) atoms. The maximum atomic E-state index is 13.8. The summed E-state index contributed by atoms with van der Waals surface area (Å²) in [5.74, 6) is -7.52. The summed E-state index contributed by atoms with van der Waals surface area (Å²) >= 11 is 7.29. The summed E-state index contributed by atoms with van der Waals surface area (Å²) in [5, 5.41) is 8.76. The van der Waals surface area contributed by atoms with Gasteiger partial charge < -0.3 is 14.6 Å². The number of imidazole rings is 1. The van der Waals surface area contributed by atoms with Crippen LogP contribution < -0.4 is 0 Å². The van der Waals surface area contributed by atoms with Gasteiger partial charge in [0.15, 0.2) is 11.6 Å². The van der Waals surface area contributed by atoms with E-state index in [1.165, 1.54) is 4.90 Å². The highest BCUT2D eigenvalue weighted by atomic mass is 35.5. The molecule has 0 spiro atoms. The van der Waals surface area contributed by atoms with Gasteiger partial charge in [0, 0.05) is 31.1 Å². The van der Waals surface area contributed by atoms with E-state index >= 15 is 0 Å². The number of aryl methyl sites for hydroxylation is 1. The van der Waals surface area contributed by atoms with E-state index in [0.29, 0.717) is 16.0 Å². The number of amides is 1. The zero-order valence-electron chi connectivity index (χ0n) is 19.8. The predicted molar refractivity (Wildman–Crippen MR) is 124 cm³/mol. The lowest BCUT2D eigenvalue weighted by Gasteiger charge is -2.30. The minimum Gasteiger partial charge on any atom is -0.475 e. The lowest BCUT2D eigenvalue weighted by molar-refractivity contribution is -0.192. The maximum Gasteiger partial charge on any atom is 0.490 e. The molecule has 218 valence electrons. The fraction of sp³-hybridized carbons (Fsp3) is 0.348. The normalized spacial score (nSPS) is 13.5. The van der Waals surface area contributed by atoms with E-state index in [4.69, 9.17) is 21.5 Å². The van der Waals surface area contributed by atoms with Gasteiger partial charge in [0.1, 0.15) is 10.2 Å². The van der Waals surface area contributed by atoms with Crippen LogP contribution in [0.5, 0.6) is 0 Å². The van der Waals surface area contributed by atoms with Gasteiger partial charge in [0.25, 0.3) is 0 Å². The number of carboxylic acid groups (broad SMARTS) is 1. The lowest BCUT2D eigenvalue weighted by atomic mass is 10.1. The van der Waals surface area contributed by atoms with Crippen molar-refractivity contribution in [2.45, 2.75) is 44.7 Å². The number of aliphatic carboxylic acids is 1. The van der Waals surface area contributed by atoms with Crippen LogP contribution in [0.3, 0.4) is 0 Å². The Kier molecular flexibility index (Phi) is 9.44. The van der Waals surface area contributed by atoms with E-state index in [0.717, 1.165) is 22.0 Å². The number of carbonyl (C=O) groups is 2. The summed E-state index contributed by atoms with van der Waals surface area (Å²) in [4.78, 5) is 26.8. The number of benzene rings is 1. The second-order valence-electron chi connectivity index (χ2n) is 8.32. The van der Waals surface area contributed by atoms with Gasteiger partial charge in [-0.3, -0.25) is 4.79 Å². The quantitative estimate of drug-likeness (QED) is 0.254. The monoisotopic (exact) mass is 621 g/mol. The summed E-state index contributed by atoms with van der Waals surface area (Å²) < 4.78 is 114. The van der Waals surface area contributed by atoms with Crippen LogP contribution in [-0.2, 0) is 35.3 Å². The molecule has 1 aliphatic rings. The molecule has 3 aromatic rings. The van der Waals surface area contributed by atoms with E-state index in [1.54, 1.807) is 11.4 Å². The Morgan fingerprint density at radius 2 is 1.65 bits per heavy atom. The molecule has 0 aliphatic carbocycles. The Morgan fingerprint density at radius 3 is 2.20 bits per heavy atom. The molecule has 0 saturated heterocycles. The van der Waals surface area contributed by atoms with Crippen molar-refractivity contribution in [2.75, 3.05) is 6.54 Å². The zero-order chi connectivity index (χ0) is 30.0. The highest BCUT2D eigenvalue weighted by Crippen LogP contribution is 2.39. The molecule has 1 aromatic carbocycles. The number of rotatable bonds is 5. The SMILES string of the molecule is O=C(CCCc1cc(F)c(F)cc1F)N1CCn2c(C(F)(F)F)nc(-c3ccsc3Cl)c2C1.O=C(O)C(F)(F)F. The van der Waals surface area contributed by atoms with Crippen molar-refractivity contribution in [2.24, 2.45) is 0 Å². The van der Waals surface area contributed by atoms with Crippen LogP contribution in [0.15, 0.2) is 23.6 Å². The van der Waals surface area contributed by atoms with Crippen molar-refractivity contribution in [1.82, 2.24) is 14.5 Å². The smallest absolute Gasteiger partial charge is 0.475 e. The van der Waals surface area contributed by atoms with Crippen molar-refractivity contribution >= 4 is 34.8 Å². The summed E-state index contributed by atoms with van der Waals surface area (Å²) in [6.07, 6.45) is -9.62. The number of halogens is 10. The summed E-state index contributed by atoms with van der Waals surface area (Å²) in [5.41, 5.74) is 0.621. The van der Waals surface area contributed by atoms with Gasteiger partial charge in [-0.15, -0.1) is 11.3 Å². The molecule has 2 aromatic heterocycles. The fourth-order valence-electron chi connectivity index (χ4n) is 3.82. The molecule has 1 amide bonds. The number of carbonyl (C=O) groups excluding carboxylic acids is 1. The lowest BCUT2D eigenvalue weighted by Crippen LogP contribution is -2.39. The molecule has 1 aliphatic heterocycles. The van der Waals surface area contributed by atoms with Crippen molar-refractivity contribution in [1.29, 1.82) is 0 Å². The van der Waals surface area contributed by atoms with Gasteiger partial charge in [0.05, 0.1) is 17.9 Å². The number of hydrogen-bond acceptors (Lipinski definition) is 4. The van der Waals surface area contributed by atoms with Gasteiger partial charge in [-0.1, -0.05) is 11.6 Å². The first-order valence-corrected chi connectivity index (χ1v) is 12.4. The molecule has 0 fully saturated rings. The molecule has 0 saturated carbocycles. The van der Waals surface area contributed by atoms with Crippen molar-refractivity contribution in [3.05, 3.63) is 62.4 Å². The molecular weight excluding hydrogens is 605 g/mol. The van der Waals surface area contributed by atoms with E-state index in [2.05, 4.69) is 4.98 Å². The molecule has 0 unspecified atom stereocenters. The van der Waals surface area contributed by atoms with Gasteiger partial charge in [-0.25, -0.2) is 22.9 Å². The van der Waals surface area contributed by atoms with Crippen LogP contribution in [0, 0.1) is 17.5 Å². The molecule has 0 radical (unpaired) electrons. The van der Waals surface area contributed by atoms with Gasteiger partial charge >= 0.3 is 18.3 Å². The van der Waals surface area contributed by atoms with Crippen LogP contribution >= 0.6 is 22.9 Å². The number of fused-ring (bicyclic) bond motifs is 1. The highest BCUT2D eigenvalue weighted by Gasteiger charge is 2.41. The summed E-state index contributed by atoms with van der Waals surface area (Å²) in [6.45, 7) is -0.146. The molecular formula is C23H17ClF9N3O3S. The Labute approximate surface area is 228 Å². The Hall–Kier alpha value is -3.27. The topological polar surface area (TPSA) is 75.4 Å². The number of hydrogen-bond donors (Lipinski definition) is 1. The predicted octanol–water partition coefficient (Wildman–Crippen LogP) is 6.70. The van der Waals surface area contributed by atoms with Crippen LogP contribution in [0.25, 0.3) is 11.3 Å². The van der Waals surface area contributed by atoms with Gasteiger partial charge in [-0.05, 0) is 35.9 Å². The number of nitrogens with zero attached hydrogens (tertiary/aromatic N) is 3. The Bertz CT molecular complexity index is 1400. The van der Waals surface area contributed by atoms with E-state index in [1.807, 2.05) is 0 Å². The van der Waals surface area contributed by atoms with Crippen molar-refractivity contribution in [3.8, 4) is 11.3 Å². The second kappa shape index (κ2) is 12.1. The highest BCUT2D eigenvalue weighted by molar-refractivity contribution is 7.15. The van der Waals surface area contributed by atoms with Crippen LogP contribution in [0.4, 0.5) is 39.5 Å². The number of alkyl halides is 6. The van der Waals surface area contributed by atoms with Gasteiger partial charge in [-0.2, -0.15) is 26.3 Å². The second-order valence-corrected chi connectivity index (χ2v) is 9.84. The molecule has 4 rings (SSSR count). The first-order chi connectivity index (χ1) is 18.5. The standard InChI is InChI=1S/C21H16ClF6N3OS.C2HF3O2/c22-19-12(4-7-33-19)18-16-10-30(5-6-31(16)20(29-18)21(26,27)28)17(32)3-1-2-11-8-14(24)15(25)9-13(11)23;3-2(4,5)1(6)7/h4,7-9H,1-3,5-6,10H2;(H,6,7). The molecule has 0 atom stereocenters. The minimum absolute atomic E-state index is 0.00846. The van der Waals surface area contributed by atoms with E-state index in [-0.39, 0.29) is 61.8 Å². The largest absolute Gasteiger partial charge is 0.490 e. The number of aromatic nitrogens is 2. The first kappa shape index (κ1) is 31.3. The third-order valence-corrected chi connectivity index (χ3v) is 6.82. The molecule has 3 heterocycles. The minimum atomic E-state index is -5.08. The number of thiophene rings is 1. The van der Waals surface area contributed by atoms with E-state index < -0.39 is 41.6 Å². The summed E-state index contributed by atoms with van der Waals surface area (Å²) in [6, 6.07) is 2.78. The maximum absolute atomic E-state index is 13.8. The fourth-order valence-corrected chi connectivity index (χ4v) is 4.74. The van der Waals surface area contributed by atoms with Crippen LogP contribution in [-0.4, -0.2) is 44.2 Å². The summed E-state index contributed by atoms with van der Waals surface area (Å²) in [7, 11) is 0. The Balaban J connectivity index is 0.000000559. The van der Waals surface area contributed by atoms with Crippen LogP contribution in [0.2, 0.25) is 4.34 Å². The number of carboxylic acids is 1. The van der Waals surface area contributed by atoms with Gasteiger partial charge in [0.2, 0.25) is 11.7 Å². The van der Waals surface area contributed by atoms with Crippen molar-refractivity contribution in [3.63, 3.8) is 0 Å². The molecule has 17 heteroatoms. The zero-order valence-corrected chi connectivity index (χ0v) is 21.4. The molecule has 6 nitrogen and oxygen atoms in total.